The molecule has 2 amide bonds. The second kappa shape index (κ2) is 7.93. The monoisotopic (exact) mass is 328 g/mol. The number of nitrogens with one attached hydrogen (secondary N) is 2. The molecule has 0 aliphatic rings. The zero-order valence-corrected chi connectivity index (χ0v) is 14.8. The number of benzene rings is 2. The first-order valence-electron chi connectivity index (χ1n) is 8.17. The molecule has 0 aliphatic carbocycles. The molecule has 0 spiro atoms. The minimum Gasteiger partial charge on any atom is -0.345 e. The molecular formula is C19H26N3O2+. The Balaban J connectivity index is 1.99. The van der Waals surface area contributed by atoms with E-state index in [1.165, 1.54) is 0 Å². The molecule has 2 rings (SSSR count). The van der Waals surface area contributed by atoms with Crippen molar-refractivity contribution in [3.05, 3.63) is 48.0 Å². The van der Waals surface area contributed by atoms with E-state index >= 15 is 0 Å². The molecule has 0 aliphatic heterocycles. The molecule has 24 heavy (non-hydrogen) atoms. The van der Waals surface area contributed by atoms with Crippen LogP contribution in [0.25, 0.3) is 10.8 Å². The number of nitrogens with zero attached hydrogens (tertiary/aromatic N) is 1. The first-order chi connectivity index (χ1) is 11.4. The van der Waals surface area contributed by atoms with Crippen LogP contribution in [0.1, 0.15) is 18.5 Å². The van der Waals surface area contributed by atoms with Gasteiger partial charge in [0.05, 0.1) is 13.1 Å². The van der Waals surface area contributed by atoms with Gasteiger partial charge in [0.2, 0.25) is 0 Å². The van der Waals surface area contributed by atoms with Crippen LogP contribution in [0.2, 0.25) is 0 Å². The minimum atomic E-state index is -0.0825. The second-order valence-corrected chi connectivity index (χ2v) is 6.46. The third-order valence-electron chi connectivity index (χ3n) is 4.08. The van der Waals surface area contributed by atoms with Crippen molar-refractivity contribution >= 4 is 22.6 Å². The van der Waals surface area contributed by atoms with E-state index in [9.17, 15) is 9.59 Å². The van der Waals surface area contributed by atoms with Gasteiger partial charge in [-0.15, -0.1) is 0 Å². The highest BCUT2D eigenvalue weighted by molar-refractivity contribution is 5.87. The van der Waals surface area contributed by atoms with Crippen molar-refractivity contribution in [3.8, 4) is 0 Å². The van der Waals surface area contributed by atoms with Crippen molar-refractivity contribution in [1.29, 1.82) is 0 Å². The quantitative estimate of drug-likeness (QED) is 0.817. The van der Waals surface area contributed by atoms with Crippen LogP contribution in [0.3, 0.4) is 0 Å². The summed E-state index contributed by atoms with van der Waals surface area (Å²) in [7, 11) is 5.29. The van der Waals surface area contributed by atoms with Gasteiger partial charge in [-0.25, -0.2) is 0 Å². The fraction of sp³-hybridized carbons (Fsp3) is 0.368. The summed E-state index contributed by atoms with van der Waals surface area (Å²) in [4.78, 5) is 26.4. The maximum atomic E-state index is 12.3. The van der Waals surface area contributed by atoms with Gasteiger partial charge < -0.3 is 15.1 Å². The standard InChI is InChI=1S/C19H25N3O2/c1-14(16-11-7-9-15-8-5-6-10-17(15)16)20-18(23)12-22(4)13-19(24)21(2)3/h5-11,14H,12-13H2,1-4H3,(H,20,23)/p+1/t14-/m0/s1. The molecule has 1 unspecified atom stereocenters. The lowest BCUT2D eigenvalue weighted by molar-refractivity contribution is -0.862. The third kappa shape index (κ3) is 4.55. The first-order valence-corrected chi connectivity index (χ1v) is 8.17. The molecular weight excluding hydrogens is 302 g/mol. The number of quaternary nitrogens is 1. The van der Waals surface area contributed by atoms with Gasteiger partial charge in [0.25, 0.3) is 11.8 Å². The van der Waals surface area contributed by atoms with Crippen molar-refractivity contribution < 1.29 is 14.5 Å². The highest BCUT2D eigenvalue weighted by Crippen LogP contribution is 2.23. The second-order valence-electron chi connectivity index (χ2n) is 6.46. The van der Waals surface area contributed by atoms with E-state index in [4.69, 9.17) is 0 Å². The molecule has 0 aromatic heterocycles. The molecule has 5 nitrogen and oxygen atoms in total. The molecule has 0 bridgehead atoms. The van der Waals surface area contributed by atoms with E-state index < -0.39 is 0 Å². The van der Waals surface area contributed by atoms with Gasteiger partial charge in [0, 0.05) is 14.1 Å². The Morgan fingerprint density at radius 2 is 1.75 bits per heavy atom. The molecule has 0 radical (unpaired) electrons. The average molecular weight is 328 g/mol. The molecule has 128 valence electrons. The smallest absolute Gasteiger partial charge is 0.277 e. The lowest BCUT2D eigenvalue weighted by Gasteiger charge is -2.19. The molecule has 0 fully saturated rings. The maximum absolute atomic E-state index is 12.3. The van der Waals surface area contributed by atoms with E-state index in [-0.39, 0.29) is 24.4 Å². The fourth-order valence-corrected chi connectivity index (χ4v) is 2.75. The maximum Gasteiger partial charge on any atom is 0.277 e. The molecule has 0 saturated heterocycles. The van der Waals surface area contributed by atoms with Crippen molar-refractivity contribution in [3.63, 3.8) is 0 Å². The topological polar surface area (TPSA) is 53.9 Å². The number of hydrogen-bond donors (Lipinski definition) is 2. The SMILES string of the molecule is C[C@H](NC(=O)C[NH+](C)CC(=O)N(C)C)c1cccc2ccccc12. The Bertz CT molecular complexity index is 722. The number of carbonyl (C=O) groups is 2. The van der Waals surface area contributed by atoms with E-state index in [1.807, 2.05) is 38.2 Å². The molecule has 2 atom stereocenters. The summed E-state index contributed by atoms with van der Waals surface area (Å²) in [6, 6.07) is 14.2. The summed E-state index contributed by atoms with van der Waals surface area (Å²) in [5.74, 6) is -0.0399. The van der Waals surface area contributed by atoms with Crippen LogP contribution < -0.4 is 10.2 Å². The summed E-state index contributed by atoms with van der Waals surface area (Å²) in [6.07, 6.45) is 0. The summed E-state index contributed by atoms with van der Waals surface area (Å²) >= 11 is 0. The Kier molecular flexibility index (Phi) is 5.93. The molecule has 0 heterocycles. The zero-order valence-electron chi connectivity index (χ0n) is 14.8. The fourth-order valence-electron chi connectivity index (χ4n) is 2.75. The van der Waals surface area contributed by atoms with Crippen molar-refractivity contribution in [1.82, 2.24) is 10.2 Å². The van der Waals surface area contributed by atoms with Crippen molar-refractivity contribution in [2.45, 2.75) is 13.0 Å². The van der Waals surface area contributed by atoms with Crippen LogP contribution in [0.5, 0.6) is 0 Å². The van der Waals surface area contributed by atoms with Gasteiger partial charge in [-0.1, -0.05) is 42.5 Å². The first kappa shape index (κ1) is 17.9. The van der Waals surface area contributed by atoms with Crippen LogP contribution >= 0.6 is 0 Å². The van der Waals surface area contributed by atoms with E-state index in [1.54, 1.807) is 19.0 Å². The van der Waals surface area contributed by atoms with Crippen molar-refractivity contribution in [2.75, 3.05) is 34.2 Å². The average Bonchev–Trinajstić information content (AvgIpc) is 2.53. The normalized spacial score (nSPS) is 13.3. The van der Waals surface area contributed by atoms with E-state index in [2.05, 4.69) is 23.5 Å². The van der Waals surface area contributed by atoms with Gasteiger partial charge in [0.1, 0.15) is 0 Å². The van der Waals surface area contributed by atoms with Crippen LogP contribution in [0.15, 0.2) is 42.5 Å². The number of likely N-dealkylation sites (N-methyl/N-ethyl adjacent to an activating group) is 2. The lowest BCUT2D eigenvalue weighted by atomic mass is 10.00. The Hall–Kier alpha value is -2.40. The number of fused-ring (bicyclic) bond motifs is 1. The van der Waals surface area contributed by atoms with Gasteiger partial charge in [0.15, 0.2) is 13.1 Å². The molecule has 2 aromatic rings. The lowest BCUT2D eigenvalue weighted by Crippen LogP contribution is -3.11. The molecule has 2 aromatic carbocycles. The number of hydrogen-bond acceptors (Lipinski definition) is 2. The Morgan fingerprint density at radius 3 is 2.46 bits per heavy atom. The number of rotatable bonds is 6. The van der Waals surface area contributed by atoms with Gasteiger partial charge in [-0.3, -0.25) is 9.59 Å². The van der Waals surface area contributed by atoms with Crippen molar-refractivity contribution in [2.24, 2.45) is 0 Å². The highest BCUT2D eigenvalue weighted by Gasteiger charge is 2.18. The number of carbonyl (C=O) groups excluding carboxylic acids is 2. The summed E-state index contributed by atoms with van der Waals surface area (Å²) in [6.45, 7) is 2.57. The zero-order chi connectivity index (χ0) is 17.7. The predicted octanol–water partition coefficient (Wildman–Crippen LogP) is 0.620. The Labute approximate surface area is 143 Å². The Morgan fingerprint density at radius 1 is 1.08 bits per heavy atom. The van der Waals surface area contributed by atoms with Crippen LogP contribution in [0, 0.1) is 0 Å². The van der Waals surface area contributed by atoms with Crippen LogP contribution in [-0.4, -0.2) is 50.9 Å². The summed E-state index contributed by atoms with van der Waals surface area (Å²) in [5, 5.41) is 5.35. The van der Waals surface area contributed by atoms with Gasteiger partial charge in [-0.2, -0.15) is 0 Å². The minimum absolute atomic E-state index is 0.0161. The molecule has 2 N–H and O–H groups in total. The van der Waals surface area contributed by atoms with E-state index in [0.717, 1.165) is 21.2 Å². The summed E-state index contributed by atoms with van der Waals surface area (Å²) < 4.78 is 0. The summed E-state index contributed by atoms with van der Waals surface area (Å²) in [5.41, 5.74) is 1.10. The van der Waals surface area contributed by atoms with Gasteiger partial charge in [-0.05, 0) is 23.3 Å². The number of amides is 2. The largest absolute Gasteiger partial charge is 0.345 e. The van der Waals surface area contributed by atoms with Crippen LogP contribution in [0.4, 0.5) is 0 Å². The molecule has 5 heteroatoms. The highest BCUT2D eigenvalue weighted by atomic mass is 16.2. The van der Waals surface area contributed by atoms with Crippen LogP contribution in [-0.2, 0) is 9.59 Å². The molecule has 0 saturated carbocycles. The van der Waals surface area contributed by atoms with E-state index in [0.29, 0.717) is 6.54 Å². The van der Waals surface area contributed by atoms with Gasteiger partial charge >= 0.3 is 0 Å². The predicted molar refractivity (Wildman–Crippen MR) is 95.8 cm³/mol. The third-order valence-corrected chi connectivity index (χ3v) is 4.08.